The van der Waals surface area contributed by atoms with Crippen LogP contribution in [-0.4, -0.2) is 22.6 Å². The molecule has 0 aliphatic carbocycles. The zero-order valence-corrected chi connectivity index (χ0v) is 25.4. The van der Waals surface area contributed by atoms with Gasteiger partial charge in [0.2, 0.25) is 5.91 Å². The molecule has 5 aromatic rings. The van der Waals surface area contributed by atoms with E-state index in [2.05, 4.69) is 16.0 Å². The molecule has 0 saturated heterocycles. The molecule has 5 aromatic carbocycles. The molecule has 0 saturated carbocycles. The maximum atomic E-state index is 13.5. The lowest BCUT2D eigenvalue weighted by atomic mass is 10.1. The third kappa shape index (κ3) is 8.99. The van der Waals surface area contributed by atoms with E-state index in [-0.39, 0.29) is 17.3 Å². The number of benzene rings is 5. The highest BCUT2D eigenvalue weighted by molar-refractivity contribution is 8.00. The van der Waals surface area contributed by atoms with Gasteiger partial charge < -0.3 is 16.0 Å². The van der Waals surface area contributed by atoms with Crippen LogP contribution in [0.2, 0.25) is 0 Å². The normalized spacial score (nSPS) is 11.6. The number of thioether (sulfide) groups is 1. The minimum atomic E-state index is -0.712. The molecule has 3 N–H and O–H groups in total. The summed E-state index contributed by atoms with van der Waals surface area (Å²) in [6.45, 7) is 0. The predicted molar refractivity (Wildman–Crippen MR) is 180 cm³/mol. The molecule has 9 nitrogen and oxygen atoms in total. The Labute approximate surface area is 273 Å². The van der Waals surface area contributed by atoms with E-state index in [1.54, 1.807) is 54.6 Å². The molecule has 0 aliphatic heterocycles. The van der Waals surface area contributed by atoms with Gasteiger partial charge in [0.05, 0.1) is 4.92 Å². The Balaban J connectivity index is 1.36. The quantitative estimate of drug-likeness (QED) is 0.0586. The number of rotatable bonds is 11. The Morgan fingerprint density at radius 1 is 0.745 bits per heavy atom. The molecule has 0 spiro atoms. The van der Waals surface area contributed by atoms with E-state index in [0.717, 1.165) is 5.56 Å². The van der Waals surface area contributed by atoms with Crippen molar-refractivity contribution in [3.63, 3.8) is 0 Å². The smallest absolute Gasteiger partial charge is 0.272 e. The number of nitrogens with zero attached hydrogens (tertiary/aromatic N) is 1. The Bertz CT molecular complexity index is 1920. The fraction of sp³-hybridized carbons (Fsp3) is 0.0278. The minimum absolute atomic E-state index is 0.0619. The van der Waals surface area contributed by atoms with Crippen LogP contribution in [0.15, 0.2) is 144 Å². The first-order valence-corrected chi connectivity index (χ1v) is 15.1. The Morgan fingerprint density at radius 3 is 2.06 bits per heavy atom. The summed E-state index contributed by atoms with van der Waals surface area (Å²) in [6, 6.07) is 35.4. The van der Waals surface area contributed by atoms with Gasteiger partial charge in [0, 0.05) is 34.0 Å². The largest absolute Gasteiger partial charge is 0.325 e. The molecule has 0 radical (unpaired) electrons. The number of anilines is 2. The first-order valence-electron chi connectivity index (χ1n) is 14.3. The van der Waals surface area contributed by atoms with E-state index in [0.29, 0.717) is 27.4 Å². The van der Waals surface area contributed by atoms with Gasteiger partial charge in [-0.2, -0.15) is 0 Å². The van der Waals surface area contributed by atoms with Gasteiger partial charge in [-0.05, 0) is 71.8 Å². The SMILES string of the molecule is O=C(Nc1cccc(SC(C(=O)Nc2ccc([N+](=O)[O-])cc2)c2ccccc2)c1)/C(=C/c1ccc(F)cc1)NC(=O)c1ccccc1. The Hall–Kier alpha value is -6.07. The lowest BCUT2D eigenvalue weighted by molar-refractivity contribution is -0.384. The first-order chi connectivity index (χ1) is 22.7. The van der Waals surface area contributed by atoms with Crippen molar-refractivity contribution in [3.05, 3.63) is 172 Å². The molecule has 47 heavy (non-hydrogen) atoms. The first kappa shape index (κ1) is 32.3. The minimum Gasteiger partial charge on any atom is -0.325 e. The number of halogens is 1. The maximum absolute atomic E-state index is 13.5. The molecule has 0 aromatic heterocycles. The van der Waals surface area contributed by atoms with Gasteiger partial charge in [0.25, 0.3) is 17.5 Å². The molecule has 234 valence electrons. The van der Waals surface area contributed by atoms with E-state index in [1.165, 1.54) is 66.4 Å². The summed E-state index contributed by atoms with van der Waals surface area (Å²) < 4.78 is 13.5. The van der Waals surface area contributed by atoms with E-state index in [4.69, 9.17) is 0 Å². The zero-order chi connectivity index (χ0) is 33.2. The number of hydrogen-bond donors (Lipinski definition) is 3. The summed E-state index contributed by atoms with van der Waals surface area (Å²) >= 11 is 1.25. The third-order valence-corrected chi connectivity index (χ3v) is 7.99. The van der Waals surface area contributed by atoms with Crippen molar-refractivity contribution >= 4 is 52.6 Å². The standard InChI is InChI=1S/C36H27FN4O5S/c37-27-16-14-24(15-17-27)22-32(40-34(42)26-10-5-2-6-11-26)35(43)39-29-12-7-13-31(23-29)47-33(25-8-3-1-4-9-25)36(44)38-28-18-20-30(21-19-28)41(45)46/h1-23,33H,(H,38,44)(H,39,43)(H,40,42)/b32-22-. The van der Waals surface area contributed by atoms with Gasteiger partial charge in [-0.15, -0.1) is 11.8 Å². The number of carbonyl (C=O) groups excluding carboxylic acids is 3. The molecule has 0 aliphatic rings. The third-order valence-electron chi connectivity index (χ3n) is 6.74. The van der Waals surface area contributed by atoms with Crippen molar-refractivity contribution in [2.45, 2.75) is 10.1 Å². The molecule has 11 heteroatoms. The van der Waals surface area contributed by atoms with Crippen LogP contribution in [0.5, 0.6) is 0 Å². The van der Waals surface area contributed by atoms with Crippen molar-refractivity contribution in [3.8, 4) is 0 Å². The van der Waals surface area contributed by atoms with Gasteiger partial charge in [0.1, 0.15) is 16.8 Å². The van der Waals surface area contributed by atoms with Crippen LogP contribution in [0.3, 0.4) is 0 Å². The highest BCUT2D eigenvalue weighted by Crippen LogP contribution is 2.37. The summed E-state index contributed by atoms with van der Waals surface area (Å²) in [6.07, 6.45) is 1.45. The molecule has 1 atom stereocenters. The fourth-order valence-electron chi connectivity index (χ4n) is 4.42. The summed E-state index contributed by atoms with van der Waals surface area (Å²) in [7, 11) is 0. The second-order valence-electron chi connectivity index (χ2n) is 10.1. The van der Waals surface area contributed by atoms with Crippen LogP contribution in [0.1, 0.15) is 26.7 Å². The van der Waals surface area contributed by atoms with Gasteiger partial charge in [-0.3, -0.25) is 24.5 Å². The highest BCUT2D eigenvalue weighted by Gasteiger charge is 2.23. The molecule has 5 rings (SSSR count). The van der Waals surface area contributed by atoms with Gasteiger partial charge >= 0.3 is 0 Å². The van der Waals surface area contributed by atoms with Crippen molar-refractivity contribution in [2.24, 2.45) is 0 Å². The number of hydrogen-bond acceptors (Lipinski definition) is 6. The van der Waals surface area contributed by atoms with E-state index < -0.39 is 27.8 Å². The van der Waals surface area contributed by atoms with Crippen LogP contribution < -0.4 is 16.0 Å². The summed E-state index contributed by atoms with van der Waals surface area (Å²) in [5, 5.41) is 18.6. The number of amides is 3. The van der Waals surface area contributed by atoms with E-state index in [1.807, 2.05) is 30.3 Å². The number of nitro benzene ring substituents is 1. The highest BCUT2D eigenvalue weighted by atomic mass is 32.2. The van der Waals surface area contributed by atoms with Gasteiger partial charge in [-0.25, -0.2) is 4.39 Å². The molecular formula is C36H27FN4O5S. The van der Waals surface area contributed by atoms with E-state index in [9.17, 15) is 28.9 Å². The average molecular weight is 647 g/mol. The van der Waals surface area contributed by atoms with Crippen molar-refractivity contribution in [2.75, 3.05) is 10.6 Å². The van der Waals surface area contributed by atoms with Crippen LogP contribution in [0.25, 0.3) is 6.08 Å². The average Bonchev–Trinajstić information content (AvgIpc) is 3.09. The lowest BCUT2D eigenvalue weighted by Crippen LogP contribution is -2.30. The fourth-order valence-corrected chi connectivity index (χ4v) is 5.51. The summed E-state index contributed by atoms with van der Waals surface area (Å²) in [5.74, 6) is -1.90. The predicted octanol–water partition coefficient (Wildman–Crippen LogP) is 7.62. The number of carbonyl (C=O) groups is 3. The van der Waals surface area contributed by atoms with Crippen molar-refractivity contribution in [1.82, 2.24) is 5.32 Å². The number of nitrogens with one attached hydrogen (secondary N) is 3. The topological polar surface area (TPSA) is 130 Å². The van der Waals surface area contributed by atoms with E-state index >= 15 is 0 Å². The van der Waals surface area contributed by atoms with Crippen LogP contribution in [0.4, 0.5) is 21.5 Å². The molecule has 0 bridgehead atoms. The van der Waals surface area contributed by atoms with Crippen LogP contribution in [-0.2, 0) is 9.59 Å². The second kappa shape index (κ2) is 15.3. The monoisotopic (exact) mass is 646 g/mol. The Kier molecular flexibility index (Phi) is 10.5. The van der Waals surface area contributed by atoms with Gasteiger partial charge in [-0.1, -0.05) is 66.7 Å². The molecule has 1 unspecified atom stereocenters. The number of nitro groups is 1. The van der Waals surface area contributed by atoms with Gasteiger partial charge in [0.15, 0.2) is 0 Å². The number of non-ortho nitro benzene ring substituents is 1. The zero-order valence-electron chi connectivity index (χ0n) is 24.6. The van der Waals surface area contributed by atoms with Crippen molar-refractivity contribution < 1.29 is 23.7 Å². The molecular weight excluding hydrogens is 619 g/mol. The van der Waals surface area contributed by atoms with Crippen LogP contribution in [0, 0.1) is 15.9 Å². The Morgan fingerprint density at radius 2 is 1.40 bits per heavy atom. The molecule has 3 amide bonds. The lowest BCUT2D eigenvalue weighted by Gasteiger charge is -2.18. The summed E-state index contributed by atoms with van der Waals surface area (Å²) in [4.78, 5) is 51.1. The summed E-state index contributed by atoms with van der Waals surface area (Å²) in [5.41, 5.74) is 2.23. The molecule has 0 fully saturated rings. The maximum Gasteiger partial charge on any atom is 0.272 e. The molecule has 0 heterocycles. The van der Waals surface area contributed by atoms with Crippen LogP contribution >= 0.6 is 11.8 Å². The second-order valence-corrected chi connectivity index (χ2v) is 11.3. The van der Waals surface area contributed by atoms with Crippen molar-refractivity contribution in [1.29, 1.82) is 0 Å².